The first-order valence-electron chi connectivity index (χ1n) is 8.98. The SMILES string of the molecule is O=C(CN1CSCC1=O)NNC(=O)c1ccccc1OCCOc1ccccc1. The van der Waals surface area contributed by atoms with Gasteiger partial charge in [-0.05, 0) is 24.3 Å². The van der Waals surface area contributed by atoms with Crippen LogP contribution in [0.15, 0.2) is 54.6 Å². The minimum absolute atomic E-state index is 0.0899. The van der Waals surface area contributed by atoms with Crippen LogP contribution in [0.5, 0.6) is 11.5 Å². The molecule has 1 fully saturated rings. The van der Waals surface area contributed by atoms with E-state index in [1.54, 1.807) is 24.3 Å². The third-order valence-electron chi connectivity index (χ3n) is 3.96. The predicted octanol–water partition coefficient (Wildman–Crippen LogP) is 1.44. The van der Waals surface area contributed by atoms with Gasteiger partial charge in [0.2, 0.25) is 5.91 Å². The second kappa shape index (κ2) is 10.4. The summed E-state index contributed by atoms with van der Waals surface area (Å²) in [6.45, 7) is 0.472. The van der Waals surface area contributed by atoms with Crippen LogP contribution in [0.4, 0.5) is 0 Å². The van der Waals surface area contributed by atoms with Crippen LogP contribution in [-0.2, 0) is 9.59 Å². The number of nitrogens with zero attached hydrogens (tertiary/aromatic N) is 1. The molecule has 1 saturated heterocycles. The fourth-order valence-electron chi connectivity index (χ4n) is 2.55. The number of nitrogens with one attached hydrogen (secondary N) is 2. The molecule has 0 radical (unpaired) electrons. The van der Waals surface area contributed by atoms with E-state index in [0.29, 0.717) is 24.0 Å². The van der Waals surface area contributed by atoms with Crippen molar-refractivity contribution in [3.63, 3.8) is 0 Å². The maximum atomic E-state index is 12.4. The highest BCUT2D eigenvalue weighted by atomic mass is 32.2. The normalized spacial score (nSPS) is 13.1. The molecule has 152 valence electrons. The Bertz CT molecular complexity index is 862. The van der Waals surface area contributed by atoms with Crippen molar-refractivity contribution in [3.05, 3.63) is 60.2 Å². The summed E-state index contributed by atoms with van der Waals surface area (Å²) in [5.41, 5.74) is 4.95. The first-order valence-corrected chi connectivity index (χ1v) is 10.1. The summed E-state index contributed by atoms with van der Waals surface area (Å²) in [7, 11) is 0. The Balaban J connectivity index is 1.46. The molecular weight excluding hydrogens is 394 g/mol. The molecule has 0 spiro atoms. The molecule has 1 aliphatic heterocycles. The van der Waals surface area contributed by atoms with Crippen LogP contribution in [0.1, 0.15) is 10.4 Å². The molecule has 0 aromatic heterocycles. The van der Waals surface area contributed by atoms with Gasteiger partial charge in [-0.2, -0.15) is 0 Å². The molecule has 2 N–H and O–H groups in total. The minimum atomic E-state index is -0.514. The summed E-state index contributed by atoms with van der Waals surface area (Å²) in [4.78, 5) is 37.3. The predicted molar refractivity (Wildman–Crippen MR) is 109 cm³/mol. The topological polar surface area (TPSA) is 97.0 Å². The molecule has 2 aromatic rings. The number of carbonyl (C=O) groups is 3. The lowest BCUT2D eigenvalue weighted by Crippen LogP contribution is -2.46. The molecule has 3 rings (SSSR count). The van der Waals surface area contributed by atoms with Gasteiger partial charge in [0.1, 0.15) is 31.3 Å². The number of thioether (sulfide) groups is 1. The van der Waals surface area contributed by atoms with Crippen LogP contribution < -0.4 is 20.3 Å². The van der Waals surface area contributed by atoms with Gasteiger partial charge in [-0.15, -0.1) is 11.8 Å². The second-order valence-corrected chi connectivity index (χ2v) is 7.03. The van der Waals surface area contributed by atoms with Crippen molar-refractivity contribution in [2.45, 2.75) is 0 Å². The zero-order valence-corrected chi connectivity index (χ0v) is 16.4. The standard InChI is InChI=1S/C20H21N3O5S/c24-18(12-23-14-29-13-19(23)25)21-22-20(26)16-8-4-5-9-17(16)28-11-10-27-15-6-2-1-3-7-15/h1-9H,10-14H2,(H,21,24)(H,22,26). The number of ether oxygens (including phenoxy) is 2. The quantitative estimate of drug-likeness (QED) is 0.500. The Kier molecular flexibility index (Phi) is 7.34. The maximum absolute atomic E-state index is 12.4. The summed E-state index contributed by atoms with van der Waals surface area (Å²) >= 11 is 1.45. The van der Waals surface area contributed by atoms with Gasteiger partial charge in [-0.25, -0.2) is 0 Å². The fourth-order valence-corrected chi connectivity index (χ4v) is 3.46. The molecule has 0 bridgehead atoms. The molecule has 0 unspecified atom stereocenters. The van der Waals surface area contributed by atoms with E-state index in [1.807, 2.05) is 30.3 Å². The Hall–Kier alpha value is -3.20. The number of hydrazine groups is 1. The van der Waals surface area contributed by atoms with Crippen LogP contribution in [0.25, 0.3) is 0 Å². The smallest absolute Gasteiger partial charge is 0.273 e. The van der Waals surface area contributed by atoms with Crippen molar-refractivity contribution in [1.82, 2.24) is 15.8 Å². The highest BCUT2D eigenvalue weighted by molar-refractivity contribution is 8.00. The van der Waals surface area contributed by atoms with E-state index in [4.69, 9.17) is 9.47 Å². The molecule has 1 aliphatic rings. The number of hydrogen-bond acceptors (Lipinski definition) is 6. The lowest BCUT2D eigenvalue weighted by atomic mass is 10.2. The maximum Gasteiger partial charge on any atom is 0.273 e. The summed E-state index contributed by atoms with van der Waals surface area (Å²) in [5, 5.41) is 0. The first-order chi connectivity index (χ1) is 14.1. The Morgan fingerprint density at radius 3 is 2.45 bits per heavy atom. The van der Waals surface area contributed by atoms with Gasteiger partial charge in [0, 0.05) is 0 Å². The van der Waals surface area contributed by atoms with Gasteiger partial charge in [0.05, 0.1) is 17.2 Å². The number of amides is 3. The van der Waals surface area contributed by atoms with Crippen LogP contribution >= 0.6 is 11.8 Å². The highest BCUT2D eigenvalue weighted by Gasteiger charge is 2.23. The summed E-state index contributed by atoms with van der Waals surface area (Å²) in [6.07, 6.45) is 0. The lowest BCUT2D eigenvalue weighted by molar-refractivity contribution is -0.132. The Morgan fingerprint density at radius 2 is 1.69 bits per heavy atom. The lowest BCUT2D eigenvalue weighted by Gasteiger charge is -2.15. The van der Waals surface area contributed by atoms with Crippen molar-refractivity contribution >= 4 is 29.5 Å². The first kappa shape index (κ1) is 20.5. The van der Waals surface area contributed by atoms with E-state index in [0.717, 1.165) is 5.75 Å². The fraction of sp³-hybridized carbons (Fsp3) is 0.250. The van der Waals surface area contributed by atoms with Gasteiger partial charge < -0.3 is 14.4 Å². The van der Waals surface area contributed by atoms with Crippen molar-refractivity contribution in [2.75, 3.05) is 31.4 Å². The monoisotopic (exact) mass is 415 g/mol. The van der Waals surface area contributed by atoms with Crippen LogP contribution in [-0.4, -0.2) is 54.0 Å². The molecule has 3 amide bonds. The third-order valence-corrected chi connectivity index (χ3v) is 4.91. The second-order valence-electron chi connectivity index (χ2n) is 6.08. The molecule has 0 atom stereocenters. The number of para-hydroxylation sites is 2. The largest absolute Gasteiger partial charge is 0.490 e. The van der Waals surface area contributed by atoms with Crippen LogP contribution in [0.3, 0.4) is 0 Å². The van der Waals surface area contributed by atoms with Crippen molar-refractivity contribution < 1.29 is 23.9 Å². The van der Waals surface area contributed by atoms with Crippen LogP contribution in [0.2, 0.25) is 0 Å². The van der Waals surface area contributed by atoms with E-state index in [9.17, 15) is 14.4 Å². The summed E-state index contributed by atoms with van der Waals surface area (Å²) in [5.74, 6) is 0.888. The van der Waals surface area contributed by atoms with Crippen molar-refractivity contribution in [1.29, 1.82) is 0 Å². The van der Waals surface area contributed by atoms with E-state index in [-0.39, 0.29) is 24.6 Å². The number of rotatable bonds is 8. The Labute approximate surface area is 172 Å². The minimum Gasteiger partial charge on any atom is -0.490 e. The van der Waals surface area contributed by atoms with Crippen LogP contribution in [0, 0.1) is 0 Å². The zero-order chi connectivity index (χ0) is 20.5. The number of hydrogen-bond donors (Lipinski definition) is 2. The Morgan fingerprint density at radius 1 is 0.966 bits per heavy atom. The average molecular weight is 415 g/mol. The van der Waals surface area contributed by atoms with Gasteiger partial charge in [-0.1, -0.05) is 30.3 Å². The van der Waals surface area contributed by atoms with Crippen molar-refractivity contribution in [3.8, 4) is 11.5 Å². The zero-order valence-electron chi connectivity index (χ0n) is 15.6. The van der Waals surface area contributed by atoms with Gasteiger partial charge >= 0.3 is 0 Å². The molecule has 8 nitrogen and oxygen atoms in total. The van der Waals surface area contributed by atoms with E-state index in [1.165, 1.54) is 16.7 Å². The molecule has 9 heteroatoms. The summed E-state index contributed by atoms with van der Waals surface area (Å²) < 4.78 is 11.2. The number of benzene rings is 2. The van der Waals surface area contributed by atoms with Gasteiger partial charge in [0.15, 0.2) is 0 Å². The third kappa shape index (κ3) is 6.15. The molecule has 1 heterocycles. The van der Waals surface area contributed by atoms with E-state index >= 15 is 0 Å². The molecule has 0 saturated carbocycles. The van der Waals surface area contributed by atoms with Gasteiger partial charge in [0.25, 0.3) is 11.8 Å². The van der Waals surface area contributed by atoms with E-state index < -0.39 is 11.8 Å². The molecule has 2 aromatic carbocycles. The van der Waals surface area contributed by atoms with Gasteiger partial charge in [-0.3, -0.25) is 25.2 Å². The van der Waals surface area contributed by atoms with E-state index in [2.05, 4.69) is 10.9 Å². The highest BCUT2D eigenvalue weighted by Crippen LogP contribution is 2.18. The summed E-state index contributed by atoms with van der Waals surface area (Å²) in [6, 6.07) is 16.1. The average Bonchev–Trinajstić information content (AvgIpc) is 3.15. The molecule has 0 aliphatic carbocycles. The molecular formula is C20H21N3O5S. The number of carbonyl (C=O) groups excluding carboxylic acids is 3. The molecule has 29 heavy (non-hydrogen) atoms. The van der Waals surface area contributed by atoms with Crippen molar-refractivity contribution in [2.24, 2.45) is 0 Å².